The Labute approximate surface area is 122 Å². The maximum Gasteiger partial charge on any atom is 0.387 e. The van der Waals surface area contributed by atoms with Crippen molar-refractivity contribution >= 4 is 5.69 Å². The molecular weight excluding hydrogens is 276 g/mol. The first-order valence-corrected chi connectivity index (χ1v) is 6.67. The third kappa shape index (κ3) is 4.44. The third-order valence-electron chi connectivity index (χ3n) is 2.88. The molecular formula is C15H19F2N3O. The average Bonchev–Trinajstić information content (AvgIpc) is 2.84. The van der Waals surface area contributed by atoms with Crippen LogP contribution in [0.25, 0.3) is 0 Å². The highest BCUT2D eigenvalue weighted by Gasteiger charge is 2.13. The van der Waals surface area contributed by atoms with Crippen molar-refractivity contribution < 1.29 is 13.5 Å². The first kappa shape index (κ1) is 15.3. The second kappa shape index (κ2) is 6.11. The van der Waals surface area contributed by atoms with Crippen LogP contribution in [0, 0.1) is 0 Å². The fraction of sp³-hybridized carbons (Fsp3) is 0.400. The molecule has 114 valence electrons. The van der Waals surface area contributed by atoms with Crippen LogP contribution >= 0.6 is 0 Å². The molecule has 0 amide bonds. The highest BCUT2D eigenvalue weighted by molar-refractivity contribution is 5.48. The number of anilines is 1. The lowest BCUT2D eigenvalue weighted by atomic mass is 10.1. The van der Waals surface area contributed by atoms with E-state index in [1.54, 1.807) is 24.4 Å². The van der Waals surface area contributed by atoms with E-state index in [-0.39, 0.29) is 11.3 Å². The number of hydrogen-bond donors (Lipinski definition) is 1. The zero-order valence-corrected chi connectivity index (χ0v) is 12.3. The predicted octanol–water partition coefficient (Wildman–Crippen LogP) is 3.85. The normalized spacial score (nSPS) is 11.7. The molecule has 2 aromatic rings. The highest BCUT2D eigenvalue weighted by Crippen LogP contribution is 2.20. The Hall–Kier alpha value is -2.11. The second-order valence-corrected chi connectivity index (χ2v) is 5.72. The maximum atomic E-state index is 12.2. The molecule has 0 atom stereocenters. The van der Waals surface area contributed by atoms with Crippen molar-refractivity contribution in [3.05, 3.63) is 42.2 Å². The van der Waals surface area contributed by atoms with Crippen molar-refractivity contribution in [2.24, 2.45) is 0 Å². The quantitative estimate of drug-likeness (QED) is 0.910. The van der Waals surface area contributed by atoms with E-state index in [1.165, 1.54) is 6.07 Å². The molecule has 0 saturated heterocycles. The van der Waals surface area contributed by atoms with Crippen LogP contribution in [-0.2, 0) is 12.1 Å². The van der Waals surface area contributed by atoms with Gasteiger partial charge in [-0.2, -0.15) is 13.9 Å². The molecule has 0 fully saturated rings. The average molecular weight is 295 g/mol. The minimum atomic E-state index is -2.81. The predicted molar refractivity (Wildman–Crippen MR) is 77.6 cm³/mol. The van der Waals surface area contributed by atoms with E-state index in [0.29, 0.717) is 6.54 Å². The molecule has 0 bridgehead atoms. The van der Waals surface area contributed by atoms with Crippen molar-refractivity contribution in [3.8, 4) is 5.75 Å². The molecule has 1 aromatic heterocycles. The Morgan fingerprint density at radius 1 is 1.33 bits per heavy atom. The zero-order valence-electron chi connectivity index (χ0n) is 12.3. The molecule has 2 rings (SSSR count). The van der Waals surface area contributed by atoms with Gasteiger partial charge in [0, 0.05) is 30.1 Å². The minimum absolute atomic E-state index is 0.0662. The molecule has 6 heteroatoms. The molecule has 0 spiro atoms. The summed E-state index contributed by atoms with van der Waals surface area (Å²) in [6.07, 6.45) is 3.75. The molecule has 1 N–H and O–H groups in total. The van der Waals surface area contributed by atoms with Crippen molar-refractivity contribution in [2.45, 2.75) is 39.5 Å². The molecule has 1 heterocycles. The number of benzene rings is 1. The molecule has 0 aliphatic heterocycles. The zero-order chi connectivity index (χ0) is 15.5. The summed E-state index contributed by atoms with van der Waals surface area (Å²) in [5.74, 6) is 0.139. The molecule has 0 saturated carbocycles. The number of nitrogens with one attached hydrogen (secondary N) is 1. The van der Waals surface area contributed by atoms with Gasteiger partial charge in [0.05, 0.1) is 11.7 Å². The molecule has 0 aliphatic rings. The highest BCUT2D eigenvalue weighted by atomic mass is 19.3. The van der Waals surface area contributed by atoms with Crippen LogP contribution in [-0.4, -0.2) is 16.4 Å². The lowest BCUT2D eigenvalue weighted by molar-refractivity contribution is -0.0498. The van der Waals surface area contributed by atoms with Crippen LogP contribution in [0.15, 0.2) is 36.7 Å². The van der Waals surface area contributed by atoms with Crippen LogP contribution < -0.4 is 10.1 Å². The molecule has 21 heavy (non-hydrogen) atoms. The Balaban J connectivity index is 1.98. The summed E-state index contributed by atoms with van der Waals surface area (Å²) < 4.78 is 30.6. The molecule has 0 aliphatic carbocycles. The lowest BCUT2D eigenvalue weighted by Crippen LogP contribution is -2.21. The van der Waals surface area contributed by atoms with Crippen LogP contribution in [0.2, 0.25) is 0 Å². The maximum absolute atomic E-state index is 12.2. The van der Waals surface area contributed by atoms with Crippen molar-refractivity contribution in [1.29, 1.82) is 0 Å². The van der Waals surface area contributed by atoms with E-state index in [2.05, 4.69) is 35.9 Å². The van der Waals surface area contributed by atoms with Gasteiger partial charge in [0.2, 0.25) is 0 Å². The monoisotopic (exact) mass is 295 g/mol. The van der Waals surface area contributed by atoms with Gasteiger partial charge in [0.1, 0.15) is 5.75 Å². The second-order valence-electron chi connectivity index (χ2n) is 5.72. The van der Waals surface area contributed by atoms with E-state index in [4.69, 9.17) is 0 Å². The fourth-order valence-corrected chi connectivity index (χ4v) is 1.80. The van der Waals surface area contributed by atoms with Gasteiger partial charge >= 0.3 is 6.61 Å². The SMILES string of the molecule is CC(C)(C)n1cc(CNc2cccc(OC(F)F)c2)cn1. The number of hydrogen-bond acceptors (Lipinski definition) is 3. The van der Waals surface area contributed by atoms with Crippen LogP contribution in [0.3, 0.4) is 0 Å². The Morgan fingerprint density at radius 3 is 2.71 bits per heavy atom. The van der Waals surface area contributed by atoms with Gasteiger partial charge in [-0.3, -0.25) is 4.68 Å². The number of ether oxygens (including phenoxy) is 1. The fourth-order valence-electron chi connectivity index (χ4n) is 1.80. The molecule has 4 nitrogen and oxygen atoms in total. The summed E-state index contributed by atoms with van der Waals surface area (Å²) in [7, 11) is 0. The first-order chi connectivity index (χ1) is 9.84. The summed E-state index contributed by atoms with van der Waals surface area (Å²) >= 11 is 0. The standard InChI is InChI=1S/C15H19F2N3O/c1-15(2,3)20-10-11(9-19-20)8-18-12-5-4-6-13(7-12)21-14(16)17/h4-7,9-10,14,18H,8H2,1-3H3. The topological polar surface area (TPSA) is 39.1 Å². The van der Waals surface area contributed by atoms with Gasteiger partial charge in [0.15, 0.2) is 0 Å². The van der Waals surface area contributed by atoms with Crippen LogP contribution in [0.5, 0.6) is 5.75 Å². The Morgan fingerprint density at radius 2 is 2.10 bits per heavy atom. The van der Waals surface area contributed by atoms with Gasteiger partial charge in [-0.25, -0.2) is 0 Å². The molecule has 0 unspecified atom stereocenters. The van der Waals surface area contributed by atoms with Crippen LogP contribution in [0.4, 0.5) is 14.5 Å². The summed E-state index contributed by atoms with van der Waals surface area (Å²) in [5.41, 5.74) is 1.67. The summed E-state index contributed by atoms with van der Waals surface area (Å²) in [5, 5.41) is 7.47. The van der Waals surface area contributed by atoms with Gasteiger partial charge < -0.3 is 10.1 Å². The van der Waals surface area contributed by atoms with Gasteiger partial charge in [0.25, 0.3) is 0 Å². The van der Waals surface area contributed by atoms with Gasteiger partial charge in [-0.05, 0) is 32.9 Å². The number of aromatic nitrogens is 2. The van der Waals surface area contributed by atoms with E-state index in [1.807, 2.05) is 10.9 Å². The number of alkyl halides is 2. The van der Waals surface area contributed by atoms with E-state index < -0.39 is 6.61 Å². The summed E-state index contributed by atoms with van der Waals surface area (Å²) in [4.78, 5) is 0. The Bertz CT molecular complexity index is 591. The van der Waals surface area contributed by atoms with E-state index in [9.17, 15) is 8.78 Å². The summed E-state index contributed by atoms with van der Waals surface area (Å²) in [6.45, 7) is 3.96. The largest absolute Gasteiger partial charge is 0.435 e. The molecule has 1 aromatic carbocycles. The minimum Gasteiger partial charge on any atom is -0.435 e. The van der Waals surface area contributed by atoms with Crippen molar-refractivity contribution in [2.75, 3.05) is 5.32 Å². The Kier molecular flexibility index (Phi) is 4.45. The number of nitrogens with zero attached hydrogens (tertiary/aromatic N) is 2. The number of halogens is 2. The lowest BCUT2D eigenvalue weighted by Gasteiger charge is -2.18. The van der Waals surface area contributed by atoms with Gasteiger partial charge in [-0.15, -0.1) is 0 Å². The first-order valence-electron chi connectivity index (χ1n) is 6.67. The van der Waals surface area contributed by atoms with E-state index >= 15 is 0 Å². The van der Waals surface area contributed by atoms with E-state index in [0.717, 1.165) is 11.3 Å². The van der Waals surface area contributed by atoms with Gasteiger partial charge in [-0.1, -0.05) is 6.07 Å². The van der Waals surface area contributed by atoms with Crippen LogP contribution in [0.1, 0.15) is 26.3 Å². The van der Waals surface area contributed by atoms with Crippen molar-refractivity contribution in [3.63, 3.8) is 0 Å². The molecule has 0 radical (unpaired) electrons. The van der Waals surface area contributed by atoms with Crippen molar-refractivity contribution in [1.82, 2.24) is 9.78 Å². The third-order valence-corrected chi connectivity index (χ3v) is 2.88. The summed E-state index contributed by atoms with van der Waals surface area (Å²) in [6, 6.07) is 6.50. The number of rotatable bonds is 5. The smallest absolute Gasteiger partial charge is 0.387 e.